The molecule has 8 nitrogen and oxygen atoms in total. The number of halogens is 1. The number of carbonyl (C=O) groups is 1. The Labute approximate surface area is 188 Å². The second-order valence-corrected chi connectivity index (χ2v) is 7.68. The van der Waals surface area contributed by atoms with E-state index in [9.17, 15) is 4.79 Å². The van der Waals surface area contributed by atoms with Crippen LogP contribution in [0.15, 0.2) is 65.3 Å². The summed E-state index contributed by atoms with van der Waals surface area (Å²) < 4.78 is 18.0. The van der Waals surface area contributed by atoms with Crippen LogP contribution in [0.2, 0.25) is 5.02 Å². The van der Waals surface area contributed by atoms with Gasteiger partial charge in [-0.2, -0.15) is 4.98 Å². The number of ether oxygens (including phenoxy) is 2. The predicted molar refractivity (Wildman–Crippen MR) is 117 cm³/mol. The molecular weight excluding hydrogens is 432 g/mol. The highest BCUT2D eigenvalue weighted by atomic mass is 35.5. The molecule has 0 fully saturated rings. The summed E-state index contributed by atoms with van der Waals surface area (Å²) in [7, 11) is 0. The van der Waals surface area contributed by atoms with Crippen molar-refractivity contribution in [3.63, 3.8) is 0 Å². The van der Waals surface area contributed by atoms with Gasteiger partial charge in [0.1, 0.15) is 12.2 Å². The van der Waals surface area contributed by atoms with Gasteiger partial charge in [-0.1, -0.05) is 28.9 Å². The highest BCUT2D eigenvalue weighted by molar-refractivity contribution is 6.30. The minimum Gasteiger partial charge on any atom is -0.454 e. The topological polar surface area (TPSA) is 91.4 Å². The molecule has 0 spiro atoms. The highest BCUT2D eigenvalue weighted by Crippen LogP contribution is 2.35. The fraction of sp³-hybridized carbons (Fsp3) is 0.174. The fourth-order valence-corrected chi connectivity index (χ4v) is 3.56. The molecule has 0 radical (unpaired) electrons. The maximum atomic E-state index is 12.4. The molecule has 0 saturated heterocycles. The van der Waals surface area contributed by atoms with E-state index >= 15 is 0 Å². The van der Waals surface area contributed by atoms with E-state index in [0.29, 0.717) is 40.5 Å². The van der Waals surface area contributed by atoms with Crippen molar-refractivity contribution in [2.45, 2.75) is 13.0 Å². The van der Waals surface area contributed by atoms with Gasteiger partial charge in [-0.3, -0.25) is 4.79 Å². The molecule has 9 heteroatoms. The first kappa shape index (κ1) is 20.1. The van der Waals surface area contributed by atoms with Crippen molar-refractivity contribution < 1.29 is 18.8 Å². The van der Waals surface area contributed by atoms with Gasteiger partial charge < -0.3 is 23.9 Å². The van der Waals surface area contributed by atoms with Crippen LogP contribution < -0.4 is 14.8 Å². The summed E-state index contributed by atoms with van der Waals surface area (Å²) in [5.74, 6) is 1.99. The lowest BCUT2D eigenvalue weighted by Crippen LogP contribution is -2.29. The average Bonchev–Trinajstić information content (AvgIpc) is 3.55. The Balaban J connectivity index is 1.23. The van der Waals surface area contributed by atoms with Crippen LogP contribution in [-0.2, 0) is 17.8 Å². The largest absolute Gasteiger partial charge is 0.454 e. The molecule has 0 bridgehead atoms. The number of hydrogen-bond donors (Lipinski definition) is 1. The molecule has 0 aliphatic carbocycles. The Hall–Kier alpha value is -3.78. The number of nitrogens with one attached hydrogen (secondary N) is 1. The zero-order chi connectivity index (χ0) is 21.9. The number of rotatable bonds is 7. The molecule has 1 N–H and O–H groups in total. The molecular formula is C23H19ClN4O4. The van der Waals surface area contributed by atoms with Crippen LogP contribution in [0, 0.1) is 0 Å². The standard InChI is InChI=1S/C23H19ClN4O4/c24-17-6-3-15(4-7-17)9-10-25-21(29)13-28-11-1-2-18(28)23-26-22(27-32-23)16-5-8-19-20(12-16)31-14-30-19/h1-8,11-12H,9-10,13-14H2,(H,25,29). The Morgan fingerprint density at radius 3 is 2.81 bits per heavy atom. The molecule has 32 heavy (non-hydrogen) atoms. The fourth-order valence-electron chi connectivity index (χ4n) is 3.43. The first-order valence-electron chi connectivity index (χ1n) is 10.1. The van der Waals surface area contributed by atoms with Crippen molar-refractivity contribution >= 4 is 17.5 Å². The third kappa shape index (κ3) is 4.31. The minimum absolute atomic E-state index is 0.105. The van der Waals surface area contributed by atoms with E-state index < -0.39 is 0 Å². The van der Waals surface area contributed by atoms with Gasteiger partial charge in [0.25, 0.3) is 5.89 Å². The molecule has 0 unspecified atom stereocenters. The summed E-state index contributed by atoms with van der Waals surface area (Å²) in [5.41, 5.74) is 2.53. The minimum atomic E-state index is -0.105. The van der Waals surface area contributed by atoms with E-state index in [4.69, 9.17) is 25.6 Å². The second-order valence-electron chi connectivity index (χ2n) is 7.24. The molecule has 162 valence electrons. The van der Waals surface area contributed by atoms with Gasteiger partial charge in [-0.15, -0.1) is 0 Å². The van der Waals surface area contributed by atoms with E-state index in [2.05, 4.69) is 15.5 Å². The van der Waals surface area contributed by atoms with Gasteiger partial charge >= 0.3 is 0 Å². The van der Waals surface area contributed by atoms with E-state index in [0.717, 1.165) is 17.5 Å². The van der Waals surface area contributed by atoms with Crippen LogP contribution in [0.3, 0.4) is 0 Å². The SMILES string of the molecule is O=C(Cn1cccc1-c1nc(-c2ccc3c(c2)OCO3)no1)NCCc1ccc(Cl)cc1. The van der Waals surface area contributed by atoms with Crippen molar-refractivity contribution in [1.82, 2.24) is 20.0 Å². The monoisotopic (exact) mass is 450 g/mol. The molecule has 4 aromatic rings. The third-order valence-corrected chi connectivity index (χ3v) is 5.32. The van der Waals surface area contributed by atoms with Crippen molar-refractivity contribution in [2.24, 2.45) is 0 Å². The molecule has 1 amide bonds. The van der Waals surface area contributed by atoms with Gasteiger partial charge in [0.05, 0.1) is 0 Å². The molecule has 3 heterocycles. The van der Waals surface area contributed by atoms with Crippen molar-refractivity contribution in [1.29, 1.82) is 0 Å². The van der Waals surface area contributed by atoms with Gasteiger partial charge in [0.2, 0.25) is 18.5 Å². The van der Waals surface area contributed by atoms with Gasteiger partial charge in [0, 0.05) is 23.3 Å². The first-order chi connectivity index (χ1) is 15.7. The normalized spacial score (nSPS) is 12.2. The number of nitrogens with zero attached hydrogens (tertiary/aromatic N) is 3. The van der Waals surface area contributed by atoms with E-state index in [1.54, 1.807) is 10.8 Å². The van der Waals surface area contributed by atoms with Crippen LogP contribution in [0.4, 0.5) is 0 Å². The molecule has 0 saturated carbocycles. The van der Waals surface area contributed by atoms with Gasteiger partial charge in [0.15, 0.2) is 11.5 Å². The van der Waals surface area contributed by atoms with Gasteiger partial charge in [-0.05, 0) is 54.4 Å². The zero-order valence-electron chi connectivity index (χ0n) is 17.0. The lowest BCUT2D eigenvalue weighted by Gasteiger charge is -2.08. The van der Waals surface area contributed by atoms with Gasteiger partial charge in [-0.25, -0.2) is 0 Å². The maximum Gasteiger partial charge on any atom is 0.274 e. The summed E-state index contributed by atoms with van der Waals surface area (Å²) in [6, 6.07) is 16.7. The Kier molecular flexibility index (Phi) is 5.51. The molecule has 5 rings (SSSR count). The van der Waals surface area contributed by atoms with E-state index in [1.807, 2.05) is 54.6 Å². The summed E-state index contributed by atoms with van der Waals surface area (Å²) in [5, 5.41) is 7.70. The predicted octanol–water partition coefficient (Wildman–Crippen LogP) is 3.95. The van der Waals surface area contributed by atoms with Crippen LogP contribution in [-0.4, -0.2) is 34.0 Å². The second kappa shape index (κ2) is 8.76. The first-order valence-corrected chi connectivity index (χ1v) is 10.4. The highest BCUT2D eigenvalue weighted by Gasteiger charge is 2.18. The van der Waals surface area contributed by atoms with Crippen LogP contribution >= 0.6 is 11.6 Å². The molecule has 0 atom stereocenters. The number of benzene rings is 2. The Morgan fingerprint density at radius 2 is 1.94 bits per heavy atom. The van der Waals surface area contributed by atoms with Crippen molar-refractivity contribution in [3.8, 4) is 34.5 Å². The number of aromatic nitrogens is 3. The van der Waals surface area contributed by atoms with E-state index in [1.165, 1.54) is 0 Å². The zero-order valence-corrected chi connectivity index (χ0v) is 17.7. The molecule has 1 aliphatic heterocycles. The molecule has 2 aromatic carbocycles. The number of fused-ring (bicyclic) bond motifs is 1. The quantitative estimate of drug-likeness (QED) is 0.458. The average molecular weight is 451 g/mol. The number of carbonyl (C=O) groups excluding carboxylic acids is 1. The number of amides is 1. The van der Waals surface area contributed by atoms with Crippen LogP contribution in [0.25, 0.3) is 23.0 Å². The number of hydrogen-bond acceptors (Lipinski definition) is 6. The van der Waals surface area contributed by atoms with Crippen LogP contribution in [0.5, 0.6) is 11.5 Å². The summed E-state index contributed by atoms with van der Waals surface area (Å²) in [6.07, 6.45) is 2.53. The summed E-state index contributed by atoms with van der Waals surface area (Å²) in [4.78, 5) is 16.9. The maximum absolute atomic E-state index is 12.4. The van der Waals surface area contributed by atoms with Crippen LogP contribution in [0.1, 0.15) is 5.56 Å². The van der Waals surface area contributed by atoms with E-state index in [-0.39, 0.29) is 19.2 Å². The molecule has 1 aliphatic rings. The third-order valence-electron chi connectivity index (χ3n) is 5.07. The Bertz CT molecular complexity index is 1250. The van der Waals surface area contributed by atoms with Crippen molar-refractivity contribution in [3.05, 3.63) is 71.4 Å². The summed E-state index contributed by atoms with van der Waals surface area (Å²) in [6.45, 7) is 0.877. The lowest BCUT2D eigenvalue weighted by molar-refractivity contribution is -0.121. The summed E-state index contributed by atoms with van der Waals surface area (Å²) >= 11 is 5.90. The smallest absolute Gasteiger partial charge is 0.274 e. The molecule has 2 aromatic heterocycles. The Morgan fingerprint density at radius 1 is 1.09 bits per heavy atom. The lowest BCUT2D eigenvalue weighted by atomic mass is 10.1. The van der Waals surface area contributed by atoms with Crippen molar-refractivity contribution in [2.75, 3.05) is 13.3 Å².